The SMILES string of the molecule is CCC(C)(C)c1ccc(OCCCCNC(=O)c2cc(-c3ccc(C)c(C)c3)nc3ccccc23)c(C(C)(C)CC)c1. The number of benzene rings is 3. The molecule has 1 amide bonds. The van der Waals surface area contributed by atoms with E-state index in [0.717, 1.165) is 53.6 Å². The Kier molecular flexibility index (Phi) is 9.76. The third kappa shape index (κ3) is 7.03. The summed E-state index contributed by atoms with van der Waals surface area (Å²) in [5.41, 5.74) is 8.58. The lowest BCUT2D eigenvalue weighted by Gasteiger charge is -2.30. The molecule has 0 aliphatic carbocycles. The second-order valence-electron chi connectivity index (χ2n) is 12.9. The molecule has 1 heterocycles. The summed E-state index contributed by atoms with van der Waals surface area (Å²) in [6.07, 6.45) is 3.83. The maximum absolute atomic E-state index is 13.4. The molecule has 222 valence electrons. The van der Waals surface area contributed by atoms with Crippen LogP contribution < -0.4 is 10.1 Å². The van der Waals surface area contributed by atoms with Crippen LogP contribution in [0.3, 0.4) is 0 Å². The van der Waals surface area contributed by atoms with Crippen LogP contribution >= 0.6 is 0 Å². The number of para-hydroxylation sites is 1. The number of amides is 1. The first-order valence-corrected chi connectivity index (χ1v) is 15.5. The fourth-order valence-corrected chi connectivity index (χ4v) is 5.12. The van der Waals surface area contributed by atoms with Crippen molar-refractivity contribution < 1.29 is 9.53 Å². The number of carbonyl (C=O) groups excluding carboxylic acids is 1. The number of rotatable bonds is 12. The number of pyridine rings is 1. The lowest BCUT2D eigenvalue weighted by molar-refractivity contribution is 0.0954. The first-order valence-electron chi connectivity index (χ1n) is 15.5. The molecule has 0 radical (unpaired) electrons. The van der Waals surface area contributed by atoms with Crippen LogP contribution in [0.4, 0.5) is 0 Å². The van der Waals surface area contributed by atoms with E-state index in [2.05, 4.69) is 97.1 Å². The smallest absolute Gasteiger partial charge is 0.252 e. The molecule has 0 saturated heterocycles. The van der Waals surface area contributed by atoms with Crippen molar-refractivity contribution >= 4 is 16.8 Å². The van der Waals surface area contributed by atoms with E-state index in [1.807, 2.05) is 30.3 Å². The topological polar surface area (TPSA) is 51.2 Å². The standard InChI is InChI=1S/C38H48N2O2/c1-9-37(5,6)29-19-20-35(32(24-29)38(7,8)10-2)42-22-14-13-21-39-36(41)31-25-34(28-18-17-26(3)27(4)23-28)40-33-16-12-11-15-30(31)33/h11-12,15-20,23-25H,9-10,13-14,21-22H2,1-8H3,(H,39,41). The first-order chi connectivity index (χ1) is 20.0. The molecule has 0 saturated carbocycles. The molecule has 0 spiro atoms. The number of nitrogens with zero attached hydrogens (tertiary/aromatic N) is 1. The van der Waals surface area contributed by atoms with Gasteiger partial charge in [0, 0.05) is 23.1 Å². The Morgan fingerprint density at radius 3 is 2.29 bits per heavy atom. The predicted molar refractivity (Wildman–Crippen MR) is 177 cm³/mol. The Labute approximate surface area is 252 Å². The van der Waals surface area contributed by atoms with Crippen molar-refractivity contribution in [2.45, 2.75) is 91.9 Å². The van der Waals surface area contributed by atoms with E-state index in [4.69, 9.17) is 9.72 Å². The van der Waals surface area contributed by atoms with Gasteiger partial charge >= 0.3 is 0 Å². The average Bonchev–Trinajstić information content (AvgIpc) is 2.99. The highest BCUT2D eigenvalue weighted by molar-refractivity contribution is 6.07. The maximum atomic E-state index is 13.4. The zero-order valence-corrected chi connectivity index (χ0v) is 26.9. The molecule has 1 aromatic heterocycles. The van der Waals surface area contributed by atoms with Gasteiger partial charge in [-0.05, 0) is 91.3 Å². The average molecular weight is 565 g/mol. The minimum absolute atomic E-state index is 0.0343. The molecule has 0 aliphatic rings. The van der Waals surface area contributed by atoms with Gasteiger partial charge in [0.15, 0.2) is 0 Å². The van der Waals surface area contributed by atoms with E-state index < -0.39 is 0 Å². The Morgan fingerprint density at radius 1 is 0.833 bits per heavy atom. The maximum Gasteiger partial charge on any atom is 0.252 e. The van der Waals surface area contributed by atoms with Crippen molar-refractivity contribution in [3.63, 3.8) is 0 Å². The molecule has 4 nitrogen and oxygen atoms in total. The minimum atomic E-state index is -0.0688. The largest absolute Gasteiger partial charge is 0.493 e. The number of hydrogen-bond acceptors (Lipinski definition) is 3. The number of ether oxygens (including phenoxy) is 1. The lowest BCUT2D eigenvalue weighted by atomic mass is 9.76. The number of aryl methyl sites for hydroxylation is 2. The molecule has 4 heteroatoms. The highest BCUT2D eigenvalue weighted by atomic mass is 16.5. The van der Waals surface area contributed by atoms with Crippen LogP contribution in [0.5, 0.6) is 5.75 Å². The summed E-state index contributed by atoms with van der Waals surface area (Å²) < 4.78 is 6.34. The van der Waals surface area contributed by atoms with Crippen LogP contribution in [0.15, 0.2) is 66.7 Å². The molecule has 4 rings (SSSR count). The van der Waals surface area contributed by atoms with Crippen LogP contribution in [0.1, 0.15) is 99.8 Å². The number of hydrogen-bond donors (Lipinski definition) is 1. The number of fused-ring (bicyclic) bond motifs is 1. The molecule has 42 heavy (non-hydrogen) atoms. The molecule has 0 unspecified atom stereocenters. The van der Waals surface area contributed by atoms with E-state index in [1.54, 1.807) is 0 Å². The van der Waals surface area contributed by atoms with Crippen LogP contribution in [-0.4, -0.2) is 24.0 Å². The quantitative estimate of drug-likeness (QED) is 0.174. The van der Waals surface area contributed by atoms with Crippen molar-refractivity contribution in [3.05, 3.63) is 94.5 Å². The monoisotopic (exact) mass is 564 g/mol. The van der Waals surface area contributed by atoms with E-state index in [0.29, 0.717) is 18.7 Å². The third-order valence-electron chi connectivity index (χ3n) is 9.14. The molecular weight excluding hydrogens is 516 g/mol. The summed E-state index contributed by atoms with van der Waals surface area (Å²) in [5.74, 6) is 0.907. The number of aromatic nitrogens is 1. The van der Waals surface area contributed by atoms with Crippen molar-refractivity contribution in [1.29, 1.82) is 0 Å². The molecule has 4 aromatic rings. The zero-order chi connectivity index (χ0) is 30.5. The molecule has 0 fully saturated rings. The van der Waals surface area contributed by atoms with Crippen molar-refractivity contribution in [2.75, 3.05) is 13.2 Å². The zero-order valence-electron chi connectivity index (χ0n) is 26.9. The van der Waals surface area contributed by atoms with E-state index in [-0.39, 0.29) is 16.7 Å². The summed E-state index contributed by atoms with van der Waals surface area (Å²) >= 11 is 0. The van der Waals surface area contributed by atoms with Gasteiger partial charge < -0.3 is 10.1 Å². The van der Waals surface area contributed by atoms with Gasteiger partial charge in [-0.1, -0.05) is 84.0 Å². The highest BCUT2D eigenvalue weighted by Crippen LogP contribution is 2.38. The van der Waals surface area contributed by atoms with Gasteiger partial charge in [-0.25, -0.2) is 4.98 Å². The van der Waals surface area contributed by atoms with Gasteiger partial charge in [-0.15, -0.1) is 0 Å². The summed E-state index contributed by atoms with van der Waals surface area (Å²) in [7, 11) is 0. The Morgan fingerprint density at radius 2 is 1.57 bits per heavy atom. The van der Waals surface area contributed by atoms with Crippen molar-refractivity contribution in [2.24, 2.45) is 0 Å². The Bertz CT molecular complexity index is 1550. The van der Waals surface area contributed by atoms with Gasteiger partial charge in [0.25, 0.3) is 5.91 Å². The number of nitrogens with one attached hydrogen (secondary N) is 1. The van der Waals surface area contributed by atoms with Gasteiger partial charge in [-0.3, -0.25) is 4.79 Å². The van der Waals surface area contributed by atoms with Crippen LogP contribution in [0.25, 0.3) is 22.2 Å². The summed E-state index contributed by atoms with van der Waals surface area (Å²) in [4.78, 5) is 18.2. The van der Waals surface area contributed by atoms with Crippen molar-refractivity contribution in [1.82, 2.24) is 10.3 Å². The molecule has 3 aromatic carbocycles. The number of carbonyl (C=O) groups is 1. The summed E-state index contributed by atoms with van der Waals surface area (Å²) in [5, 5.41) is 4.01. The minimum Gasteiger partial charge on any atom is -0.493 e. The van der Waals surface area contributed by atoms with Crippen molar-refractivity contribution in [3.8, 4) is 17.0 Å². The fraction of sp³-hybridized carbons (Fsp3) is 0.421. The first kappa shape index (κ1) is 31.3. The second-order valence-corrected chi connectivity index (χ2v) is 12.9. The Hall–Kier alpha value is -3.66. The molecular formula is C38H48N2O2. The summed E-state index contributed by atoms with van der Waals surface area (Å²) in [6, 6.07) is 22.8. The van der Waals surface area contributed by atoms with Gasteiger partial charge in [0.1, 0.15) is 5.75 Å². The van der Waals surface area contributed by atoms with Crippen LogP contribution in [-0.2, 0) is 10.8 Å². The fourth-order valence-electron chi connectivity index (χ4n) is 5.12. The van der Waals surface area contributed by atoms with Gasteiger partial charge in [-0.2, -0.15) is 0 Å². The molecule has 0 aliphatic heterocycles. The lowest BCUT2D eigenvalue weighted by Crippen LogP contribution is -2.25. The van der Waals surface area contributed by atoms with E-state index in [1.165, 1.54) is 22.3 Å². The van der Waals surface area contributed by atoms with E-state index in [9.17, 15) is 4.79 Å². The van der Waals surface area contributed by atoms with E-state index >= 15 is 0 Å². The third-order valence-corrected chi connectivity index (χ3v) is 9.14. The predicted octanol–water partition coefficient (Wildman–Crippen LogP) is 9.48. The molecule has 0 atom stereocenters. The molecule has 0 bridgehead atoms. The van der Waals surface area contributed by atoms with Gasteiger partial charge in [0.2, 0.25) is 0 Å². The normalized spacial score (nSPS) is 12.0. The van der Waals surface area contributed by atoms with Gasteiger partial charge in [0.05, 0.1) is 23.4 Å². The Balaban J connectivity index is 1.40. The summed E-state index contributed by atoms with van der Waals surface area (Å²) in [6.45, 7) is 19.1. The number of unbranched alkanes of at least 4 members (excludes halogenated alkanes) is 1. The highest BCUT2D eigenvalue weighted by Gasteiger charge is 2.26. The molecule has 1 N–H and O–H groups in total. The second kappa shape index (κ2) is 13.1. The van der Waals surface area contributed by atoms with Crippen LogP contribution in [0, 0.1) is 13.8 Å². The van der Waals surface area contributed by atoms with Crippen LogP contribution in [0.2, 0.25) is 0 Å².